The van der Waals surface area contributed by atoms with Crippen LogP contribution in [0.3, 0.4) is 0 Å². The number of halogens is 5. The van der Waals surface area contributed by atoms with Gasteiger partial charge in [-0.1, -0.05) is 18.5 Å². The number of nitrogens with zero attached hydrogens (tertiary/aromatic N) is 8. The topological polar surface area (TPSA) is 160 Å². The Hall–Kier alpha value is -5.78. The van der Waals surface area contributed by atoms with Gasteiger partial charge in [0.05, 0.1) is 34.3 Å². The van der Waals surface area contributed by atoms with Gasteiger partial charge in [-0.3, -0.25) is 14.4 Å². The largest absolute Gasteiger partial charge is 0.504 e. The molecule has 0 radical (unpaired) electrons. The average molecular weight is 756 g/mol. The van der Waals surface area contributed by atoms with E-state index < -0.39 is 41.5 Å². The normalized spacial score (nSPS) is 14.4. The Balaban J connectivity index is 1.27. The number of alkyl halides is 3. The standard InChI is InChI=1S/C34H30ClF4N9O5/c1-3-24-27(45-7-9-46(10-8-45)31(51)26-28(50)17(2)40-16-41-26)32(52)48-33(43-30(44-48)19-12-18-6-11-53-29(18)22(36)13-19)47(24)15-25(49)42-23-5-4-20(14-21(23)35)34(37,38)39/h4-5,12-14,16,50H,3,6-11,15H2,1-2H3,(H,42,49). The number of rotatable bonds is 7. The molecule has 14 nitrogen and oxygen atoms in total. The van der Waals surface area contributed by atoms with Gasteiger partial charge in [-0.25, -0.2) is 14.4 Å². The molecule has 2 aliphatic rings. The van der Waals surface area contributed by atoms with Crippen molar-refractivity contribution in [3.63, 3.8) is 0 Å². The number of carbonyl (C=O) groups is 2. The minimum atomic E-state index is -4.64. The second kappa shape index (κ2) is 13.6. The molecule has 0 unspecified atom stereocenters. The van der Waals surface area contributed by atoms with E-state index in [0.717, 1.165) is 16.6 Å². The molecule has 5 heterocycles. The van der Waals surface area contributed by atoms with Gasteiger partial charge in [0.25, 0.3) is 11.5 Å². The van der Waals surface area contributed by atoms with Gasteiger partial charge >= 0.3 is 6.18 Å². The lowest BCUT2D eigenvalue weighted by molar-refractivity contribution is -0.137. The van der Waals surface area contributed by atoms with E-state index in [0.29, 0.717) is 30.4 Å². The molecule has 1 saturated heterocycles. The number of aromatic nitrogens is 6. The van der Waals surface area contributed by atoms with Crippen LogP contribution < -0.4 is 20.5 Å². The number of carbonyl (C=O) groups excluding carboxylic acids is 2. The Morgan fingerprint density at radius 3 is 2.55 bits per heavy atom. The first-order valence-corrected chi connectivity index (χ1v) is 16.8. The monoisotopic (exact) mass is 755 g/mol. The van der Waals surface area contributed by atoms with Crippen LogP contribution in [-0.4, -0.2) is 83.7 Å². The summed E-state index contributed by atoms with van der Waals surface area (Å²) in [6, 6.07) is 5.40. The van der Waals surface area contributed by atoms with Gasteiger partial charge in [-0.15, -0.1) is 5.10 Å². The van der Waals surface area contributed by atoms with Crippen molar-refractivity contribution in [2.24, 2.45) is 0 Å². The molecular formula is C34H30ClF4N9O5. The van der Waals surface area contributed by atoms with Crippen molar-refractivity contribution in [3.8, 4) is 22.9 Å². The fourth-order valence-electron chi connectivity index (χ4n) is 6.47. The smallest absolute Gasteiger partial charge is 0.416 e. The van der Waals surface area contributed by atoms with E-state index in [4.69, 9.17) is 16.3 Å². The summed E-state index contributed by atoms with van der Waals surface area (Å²) in [5, 5.41) is 17.0. The molecule has 2 aliphatic heterocycles. The van der Waals surface area contributed by atoms with Crippen LogP contribution in [0.25, 0.3) is 17.2 Å². The molecule has 276 valence electrons. The van der Waals surface area contributed by atoms with Gasteiger partial charge in [-0.2, -0.15) is 22.7 Å². The molecule has 1 fully saturated rings. The highest BCUT2D eigenvalue weighted by atomic mass is 35.5. The Morgan fingerprint density at radius 2 is 1.85 bits per heavy atom. The van der Waals surface area contributed by atoms with Gasteiger partial charge in [0.15, 0.2) is 28.8 Å². The predicted octanol–water partition coefficient (Wildman–Crippen LogP) is 4.27. The molecule has 53 heavy (non-hydrogen) atoms. The van der Waals surface area contributed by atoms with Crippen LogP contribution in [0.15, 0.2) is 41.5 Å². The third kappa shape index (κ3) is 6.58. The van der Waals surface area contributed by atoms with Crippen molar-refractivity contribution in [2.75, 3.05) is 43.0 Å². The molecule has 19 heteroatoms. The zero-order valence-corrected chi connectivity index (χ0v) is 28.9. The van der Waals surface area contributed by atoms with Crippen molar-refractivity contribution in [1.29, 1.82) is 0 Å². The highest BCUT2D eigenvalue weighted by molar-refractivity contribution is 6.33. The maximum Gasteiger partial charge on any atom is 0.416 e. The van der Waals surface area contributed by atoms with E-state index in [1.54, 1.807) is 24.8 Å². The van der Waals surface area contributed by atoms with E-state index in [2.05, 4.69) is 25.4 Å². The first-order valence-electron chi connectivity index (χ1n) is 16.4. The molecule has 0 aliphatic carbocycles. The van der Waals surface area contributed by atoms with Gasteiger partial charge < -0.3 is 29.5 Å². The quantitative estimate of drug-likeness (QED) is 0.230. The number of amides is 2. The van der Waals surface area contributed by atoms with Crippen LogP contribution in [0.5, 0.6) is 11.5 Å². The number of hydrogen-bond acceptors (Lipinski definition) is 10. The highest BCUT2D eigenvalue weighted by Gasteiger charge is 2.33. The number of hydrogen-bond donors (Lipinski definition) is 2. The number of ether oxygens (including phenoxy) is 1. The maximum absolute atomic E-state index is 15.0. The van der Waals surface area contributed by atoms with Crippen molar-refractivity contribution in [1.82, 2.24) is 34.0 Å². The Labute approximate surface area is 302 Å². The summed E-state index contributed by atoms with van der Waals surface area (Å²) in [4.78, 5) is 56.7. The first-order chi connectivity index (χ1) is 25.2. The minimum absolute atomic E-state index is 0.00483. The number of aromatic hydroxyl groups is 1. The van der Waals surface area contributed by atoms with E-state index >= 15 is 0 Å². The van der Waals surface area contributed by atoms with Crippen LogP contribution in [0, 0.1) is 12.7 Å². The van der Waals surface area contributed by atoms with Crippen molar-refractivity contribution >= 4 is 40.6 Å². The van der Waals surface area contributed by atoms with Crippen molar-refractivity contribution < 1.29 is 37.0 Å². The molecule has 0 bridgehead atoms. The van der Waals surface area contributed by atoms with Crippen molar-refractivity contribution in [2.45, 2.75) is 39.4 Å². The second-order valence-electron chi connectivity index (χ2n) is 12.4. The number of aryl methyl sites for hydroxylation is 1. The summed E-state index contributed by atoms with van der Waals surface area (Å²) in [6.45, 7) is 3.80. The Kier molecular flexibility index (Phi) is 9.17. The van der Waals surface area contributed by atoms with Gasteiger partial charge in [0.1, 0.15) is 18.6 Å². The zero-order chi connectivity index (χ0) is 37.8. The van der Waals surface area contributed by atoms with Gasteiger partial charge in [0, 0.05) is 43.7 Å². The van der Waals surface area contributed by atoms with Crippen LogP contribution in [0.1, 0.15) is 39.9 Å². The summed E-state index contributed by atoms with van der Waals surface area (Å²) in [7, 11) is 0. The maximum atomic E-state index is 15.0. The van der Waals surface area contributed by atoms with E-state index in [1.807, 2.05) is 0 Å². The fraction of sp³-hybridized carbons (Fsp3) is 0.324. The average Bonchev–Trinajstić information content (AvgIpc) is 3.80. The minimum Gasteiger partial charge on any atom is -0.504 e. The lowest BCUT2D eigenvalue weighted by atomic mass is 10.1. The third-order valence-corrected chi connectivity index (χ3v) is 9.43. The molecule has 5 aromatic rings. The molecule has 2 N–H and O–H groups in total. The Bertz CT molecular complexity index is 2360. The number of fused-ring (bicyclic) bond motifs is 2. The summed E-state index contributed by atoms with van der Waals surface area (Å²) in [5.74, 6) is -2.06. The lowest BCUT2D eigenvalue weighted by Gasteiger charge is -2.36. The molecule has 2 amide bonds. The number of anilines is 2. The van der Waals surface area contributed by atoms with E-state index in [9.17, 15) is 37.1 Å². The second-order valence-corrected chi connectivity index (χ2v) is 12.8. The van der Waals surface area contributed by atoms with Crippen LogP contribution in [0.4, 0.5) is 28.9 Å². The zero-order valence-electron chi connectivity index (χ0n) is 28.2. The third-order valence-electron chi connectivity index (χ3n) is 9.12. The van der Waals surface area contributed by atoms with E-state index in [-0.39, 0.29) is 89.0 Å². The molecule has 3 aromatic heterocycles. The molecular weight excluding hydrogens is 726 g/mol. The number of benzene rings is 2. The summed E-state index contributed by atoms with van der Waals surface area (Å²) in [6.07, 6.45) is -2.78. The van der Waals surface area contributed by atoms with Crippen LogP contribution in [-0.2, 0) is 30.4 Å². The highest BCUT2D eigenvalue weighted by Crippen LogP contribution is 2.35. The summed E-state index contributed by atoms with van der Waals surface area (Å²) in [5.41, 5.74) is -0.0888. The van der Waals surface area contributed by atoms with Gasteiger partial charge in [-0.05, 0) is 43.7 Å². The number of piperazine rings is 1. The van der Waals surface area contributed by atoms with Crippen LogP contribution in [0.2, 0.25) is 5.02 Å². The van der Waals surface area contributed by atoms with E-state index in [1.165, 1.54) is 21.9 Å². The SMILES string of the molecule is CCc1c(N2CCN(C(=O)c3ncnc(C)c3O)CC2)c(=O)n2nc(-c3cc(F)c4c(c3)CCO4)nc2n1CC(=O)Nc1ccc(C(F)(F)F)cc1Cl. The summed E-state index contributed by atoms with van der Waals surface area (Å²) >= 11 is 6.11. The molecule has 0 atom stereocenters. The molecule has 0 spiro atoms. The van der Waals surface area contributed by atoms with Crippen LogP contribution >= 0.6 is 11.6 Å². The molecule has 2 aromatic carbocycles. The fourth-order valence-corrected chi connectivity index (χ4v) is 6.70. The number of nitrogens with one attached hydrogen (secondary N) is 1. The van der Waals surface area contributed by atoms with Gasteiger partial charge in [0.2, 0.25) is 11.7 Å². The molecule has 0 saturated carbocycles. The molecule has 7 rings (SSSR count). The Morgan fingerprint density at radius 1 is 1.09 bits per heavy atom. The predicted molar refractivity (Wildman–Crippen MR) is 183 cm³/mol. The summed E-state index contributed by atoms with van der Waals surface area (Å²) < 4.78 is 62.5. The first kappa shape index (κ1) is 35.6. The van der Waals surface area contributed by atoms with Crippen molar-refractivity contribution in [3.05, 3.63) is 86.1 Å². The lowest BCUT2D eigenvalue weighted by Crippen LogP contribution is -2.51.